The average Bonchev–Trinajstić information content (AvgIpc) is 3.17. The molecule has 3 aromatic rings. The fourth-order valence-electron chi connectivity index (χ4n) is 2.47. The van der Waals surface area contributed by atoms with Crippen molar-refractivity contribution in [2.75, 3.05) is 6.61 Å². The van der Waals surface area contributed by atoms with Gasteiger partial charge in [-0.25, -0.2) is 0 Å². The third-order valence-corrected chi connectivity index (χ3v) is 3.93. The Balaban J connectivity index is 1.52. The van der Waals surface area contributed by atoms with Gasteiger partial charge in [-0.05, 0) is 36.8 Å². The molecule has 1 aromatic heterocycles. The lowest BCUT2D eigenvalue weighted by atomic mass is 10.1. The average molecular weight is 351 g/mol. The van der Waals surface area contributed by atoms with Crippen LogP contribution in [0.25, 0.3) is 11.5 Å². The molecule has 26 heavy (non-hydrogen) atoms. The van der Waals surface area contributed by atoms with Crippen LogP contribution >= 0.6 is 0 Å². The number of carbonyl (C=O) groups is 1. The first-order valence-corrected chi connectivity index (χ1v) is 8.56. The molecule has 0 aliphatic heterocycles. The molecule has 0 radical (unpaired) electrons. The zero-order valence-corrected chi connectivity index (χ0v) is 14.8. The van der Waals surface area contributed by atoms with E-state index in [9.17, 15) is 4.79 Å². The third kappa shape index (κ3) is 4.47. The zero-order valence-electron chi connectivity index (χ0n) is 14.8. The molecule has 6 heteroatoms. The van der Waals surface area contributed by atoms with Crippen molar-refractivity contribution in [2.24, 2.45) is 0 Å². The Morgan fingerprint density at radius 2 is 1.88 bits per heavy atom. The summed E-state index contributed by atoms with van der Waals surface area (Å²) < 4.78 is 10.7. The molecule has 0 spiro atoms. The molecule has 0 saturated heterocycles. The maximum absolute atomic E-state index is 12.1. The quantitative estimate of drug-likeness (QED) is 0.704. The number of amides is 1. The molecule has 1 heterocycles. The van der Waals surface area contributed by atoms with Gasteiger partial charge in [0.2, 0.25) is 0 Å². The van der Waals surface area contributed by atoms with Gasteiger partial charge in [0.1, 0.15) is 5.75 Å². The van der Waals surface area contributed by atoms with Crippen LogP contribution in [0, 0.1) is 0 Å². The molecule has 0 unspecified atom stereocenters. The molecule has 6 nitrogen and oxygen atoms in total. The second-order valence-electron chi connectivity index (χ2n) is 5.88. The summed E-state index contributed by atoms with van der Waals surface area (Å²) >= 11 is 0. The van der Waals surface area contributed by atoms with Gasteiger partial charge in [-0.1, -0.05) is 42.4 Å². The minimum atomic E-state index is -0.171. The van der Waals surface area contributed by atoms with Gasteiger partial charge < -0.3 is 14.6 Å². The lowest BCUT2D eigenvalue weighted by molar-refractivity contribution is -0.123. The van der Waals surface area contributed by atoms with Gasteiger partial charge in [-0.3, -0.25) is 4.79 Å². The number of hydrogen-bond acceptors (Lipinski definition) is 5. The highest BCUT2D eigenvalue weighted by Crippen LogP contribution is 2.21. The molecule has 0 bridgehead atoms. The minimum absolute atomic E-state index is 0.0446. The van der Waals surface area contributed by atoms with Crippen LogP contribution in [-0.4, -0.2) is 22.7 Å². The highest BCUT2D eigenvalue weighted by atomic mass is 16.5. The third-order valence-electron chi connectivity index (χ3n) is 3.93. The van der Waals surface area contributed by atoms with Crippen LogP contribution in [0.1, 0.15) is 31.3 Å². The molecule has 1 N–H and O–H groups in total. The standard InChI is InChI=1S/C20H21N3O3/c1-3-18-22-20(26-23-18)16-9-11-17(12-10-16)25-13-19(24)21-14(2)15-7-5-4-6-8-15/h4-12,14H,3,13H2,1-2H3,(H,21,24)/t14-/m0/s1. The second kappa shape index (κ2) is 8.29. The molecular weight excluding hydrogens is 330 g/mol. The predicted molar refractivity (Wildman–Crippen MR) is 97.6 cm³/mol. The van der Waals surface area contributed by atoms with Crippen LogP contribution in [0.15, 0.2) is 59.1 Å². The van der Waals surface area contributed by atoms with Gasteiger partial charge in [0.15, 0.2) is 12.4 Å². The Hall–Kier alpha value is -3.15. The molecule has 2 aromatic carbocycles. The molecule has 3 rings (SSSR count). The van der Waals surface area contributed by atoms with E-state index < -0.39 is 0 Å². The van der Waals surface area contributed by atoms with E-state index in [2.05, 4.69) is 15.5 Å². The van der Waals surface area contributed by atoms with E-state index in [0.717, 1.165) is 17.5 Å². The lowest BCUT2D eigenvalue weighted by Crippen LogP contribution is -2.31. The normalized spacial score (nSPS) is 11.8. The van der Waals surface area contributed by atoms with Gasteiger partial charge >= 0.3 is 0 Å². The minimum Gasteiger partial charge on any atom is -0.484 e. The van der Waals surface area contributed by atoms with E-state index in [4.69, 9.17) is 9.26 Å². The molecule has 0 aliphatic rings. The summed E-state index contributed by atoms with van der Waals surface area (Å²) in [5.74, 6) is 1.58. The maximum atomic E-state index is 12.1. The lowest BCUT2D eigenvalue weighted by Gasteiger charge is -2.14. The number of ether oxygens (including phenoxy) is 1. The topological polar surface area (TPSA) is 77.2 Å². The van der Waals surface area contributed by atoms with E-state index in [0.29, 0.717) is 17.5 Å². The molecule has 0 aliphatic carbocycles. The van der Waals surface area contributed by atoms with E-state index in [-0.39, 0.29) is 18.6 Å². The van der Waals surface area contributed by atoms with Crippen LogP contribution < -0.4 is 10.1 Å². The SMILES string of the molecule is CCc1noc(-c2ccc(OCC(=O)N[C@@H](C)c3ccccc3)cc2)n1. The van der Waals surface area contributed by atoms with Crippen molar-refractivity contribution in [2.45, 2.75) is 26.3 Å². The van der Waals surface area contributed by atoms with Crippen LogP contribution in [0.2, 0.25) is 0 Å². The van der Waals surface area contributed by atoms with Crippen LogP contribution in [0.3, 0.4) is 0 Å². The number of nitrogens with one attached hydrogen (secondary N) is 1. The molecule has 134 valence electrons. The Labute approximate surface area is 152 Å². The summed E-state index contributed by atoms with van der Waals surface area (Å²) in [7, 11) is 0. The Bertz CT molecular complexity index is 844. The first-order chi connectivity index (χ1) is 12.7. The first kappa shape index (κ1) is 17.7. The molecular formula is C20H21N3O3. The van der Waals surface area contributed by atoms with Crippen LogP contribution in [-0.2, 0) is 11.2 Å². The van der Waals surface area contributed by atoms with E-state index >= 15 is 0 Å². The van der Waals surface area contributed by atoms with Crippen molar-refractivity contribution in [3.8, 4) is 17.2 Å². The molecule has 0 saturated carbocycles. The van der Waals surface area contributed by atoms with Crippen LogP contribution in [0.5, 0.6) is 5.75 Å². The van der Waals surface area contributed by atoms with Crippen molar-refractivity contribution in [1.82, 2.24) is 15.5 Å². The summed E-state index contributed by atoms with van der Waals surface area (Å²) in [6.07, 6.45) is 0.723. The second-order valence-corrected chi connectivity index (χ2v) is 5.88. The van der Waals surface area contributed by atoms with Gasteiger partial charge in [0.05, 0.1) is 6.04 Å². The number of rotatable bonds is 7. The largest absolute Gasteiger partial charge is 0.484 e. The van der Waals surface area contributed by atoms with Gasteiger partial charge in [0.25, 0.3) is 11.8 Å². The van der Waals surface area contributed by atoms with Crippen molar-refractivity contribution in [3.05, 3.63) is 66.0 Å². The van der Waals surface area contributed by atoms with Gasteiger partial charge in [0, 0.05) is 12.0 Å². The number of aromatic nitrogens is 2. The van der Waals surface area contributed by atoms with Gasteiger partial charge in [-0.15, -0.1) is 0 Å². The number of carbonyl (C=O) groups excluding carboxylic acids is 1. The fraction of sp³-hybridized carbons (Fsp3) is 0.250. The van der Waals surface area contributed by atoms with Gasteiger partial charge in [-0.2, -0.15) is 4.98 Å². The Morgan fingerprint density at radius 1 is 1.15 bits per heavy atom. The fourth-order valence-corrected chi connectivity index (χ4v) is 2.47. The number of nitrogens with zero attached hydrogens (tertiary/aromatic N) is 2. The van der Waals surface area contributed by atoms with Crippen molar-refractivity contribution >= 4 is 5.91 Å². The van der Waals surface area contributed by atoms with Crippen molar-refractivity contribution in [1.29, 1.82) is 0 Å². The Kier molecular flexibility index (Phi) is 5.63. The molecule has 0 fully saturated rings. The first-order valence-electron chi connectivity index (χ1n) is 8.56. The van der Waals surface area contributed by atoms with E-state index in [1.807, 2.05) is 56.3 Å². The number of aryl methyl sites for hydroxylation is 1. The highest BCUT2D eigenvalue weighted by molar-refractivity contribution is 5.78. The van der Waals surface area contributed by atoms with Crippen molar-refractivity contribution < 1.29 is 14.1 Å². The Morgan fingerprint density at radius 3 is 2.54 bits per heavy atom. The summed E-state index contributed by atoms with van der Waals surface area (Å²) in [5.41, 5.74) is 1.86. The number of hydrogen-bond donors (Lipinski definition) is 1. The predicted octanol–water partition coefficient (Wildman–Crippen LogP) is 3.56. The maximum Gasteiger partial charge on any atom is 0.258 e. The summed E-state index contributed by atoms with van der Waals surface area (Å²) in [5, 5.41) is 6.79. The summed E-state index contributed by atoms with van der Waals surface area (Å²) in [6, 6.07) is 16.9. The molecule has 1 atom stereocenters. The van der Waals surface area contributed by atoms with Crippen molar-refractivity contribution in [3.63, 3.8) is 0 Å². The smallest absolute Gasteiger partial charge is 0.258 e. The summed E-state index contributed by atoms with van der Waals surface area (Å²) in [4.78, 5) is 16.3. The monoisotopic (exact) mass is 351 g/mol. The van der Waals surface area contributed by atoms with E-state index in [1.54, 1.807) is 12.1 Å². The zero-order chi connectivity index (χ0) is 18.4. The summed E-state index contributed by atoms with van der Waals surface area (Å²) in [6.45, 7) is 3.86. The van der Waals surface area contributed by atoms with E-state index in [1.165, 1.54) is 0 Å². The highest BCUT2D eigenvalue weighted by Gasteiger charge is 2.11. The van der Waals surface area contributed by atoms with Crippen LogP contribution in [0.4, 0.5) is 0 Å². The number of benzene rings is 2. The molecule has 1 amide bonds.